The highest BCUT2D eigenvalue weighted by Gasteiger charge is 2.14. The molecule has 32 heavy (non-hydrogen) atoms. The van der Waals surface area contributed by atoms with Gasteiger partial charge in [-0.05, 0) is 55.2 Å². The van der Waals surface area contributed by atoms with E-state index in [4.69, 9.17) is 11.6 Å². The summed E-state index contributed by atoms with van der Waals surface area (Å²) in [6, 6.07) is 19.9. The van der Waals surface area contributed by atoms with Crippen LogP contribution in [-0.4, -0.2) is 14.7 Å². The van der Waals surface area contributed by atoms with Crippen molar-refractivity contribution in [2.45, 2.75) is 33.4 Å². The number of hydrogen-bond acceptors (Lipinski definition) is 2. The first kappa shape index (κ1) is 22.1. The van der Waals surface area contributed by atoms with Gasteiger partial charge >= 0.3 is 0 Å². The Morgan fingerprint density at radius 3 is 2.38 bits per heavy atom. The molecule has 0 saturated carbocycles. The number of hydrogen-bond donors (Lipinski definition) is 1. The van der Waals surface area contributed by atoms with Crippen molar-refractivity contribution in [2.75, 3.05) is 0 Å². The first-order chi connectivity index (χ1) is 15.4. The summed E-state index contributed by atoms with van der Waals surface area (Å²) < 4.78 is 2.30. The zero-order chi connectivity index (χ0) is 22.8. The maximum atomic E-state index is 10.7. The minimum absolute atomic E-state index is 0.491. The van der Waals surface area contributed by atoms with E-state index in [-0.39, 0.29) is 0 Å². The van der Waals surface area contributed by atoms with Crippen molar-refractivity contribution in [2.24, 2.45) is 0 Å². The van der Waals surface area contributed by atoms with Gasteiger partial charge in [-0.1, -0.05) is 72.8 Å². The number of benzene rings is 2. The van der Waals surface area contributed by atoms with Gasteiger partial charge in [0.1, 0.15) is 6.10 Å². The lowest BCUT2D eigenvalue weighted by Crippen LogP contribution is -2.31. The van der Waals surface area contributed by atoms with E-state index in [1.54, 1.807) is 0 Å². The highest BCUT2D eigenvalue weighted by Crippen LogP contribution is 2.23. The minimum Gasteiger partial charge on any atom is -0.384 e. The van der Waals surface area contributed by atoms with Gasteiger partial charge in [0.2, 0.25) is 0 Å². The van der Waals surface area contributed by atoms with Crippen LogP contribution in [0, 0.1) is 6.92 Å². The summed E-state index contributed by atoms with van der Waals surface area (Å²) in [5.74, 6) is 0. The zero-order valence-corrected chi connectivity index (χ0v) is 19.4. The summed E-state index contributed by atoms with van der Waals surface area (Å²) in [5, 5.41) is 14.5. The molecule has 4 heteroatoms. The number of pyridine rings is 1. The largest absolute Gasteiger partial charge is 0.384 e. The van der Waals surface area contributed by atoms with Crippen LogP contribution in [0.5, 0.6) is 0 Å². The van der Waals surface area contributed by atoms with Crippen LogP contribution >= 0.6 is 11.6 Å². The lowest BCUT2D eigenvalue weighted by atomic mass is 9.98. The van der Waals surface area contributed by atoms with E-state index in [9.17, 15) is 5.11 Å². The lowest BCUT2D eigenvalue weighted by molar-refractivity contribution is 0.220. The molecule has 0 aliphatic carbocycles. The predicted octanol–water partition coefficient (Wildman–Crippen LogP) is 5.20. The second-order valence-corrected chi connectivity index (χ2v) is 8.44. The van der Waals surface area contributed by atoms with Crippen LogP contribution < -0.4 is 10.6 Å². The van der Waals surface area contributed by atoms with Gasteiger partial charge in [-0.25, -0.2) is 0 Å². The average Bonchev–Trinajstić information content (AvgIpc) is 3.12. The van der Waals surface area contributed by atoms with E-state index < -0.39 is 6.10 Å². The molecule has 0 aliphatic heterocycles. The Balaban J connectivity index is 1.93. The molecule has 3 nitrogen and oxygen atoms in total. The van der Waals surface area contributed by atoms with Crippen LogP contribution in [0.1, 0.15) is 42.3 Å². The van der Waals surface area contributed by atoms with Crippen LogP contribution in [0.15, 0.2) is 78.5 Å². The van der Waals surface area contributed by atoms with E-state index in [0.29, 0.717) is 5.03 Å². The number of aliphatic hydroxyl groups excluding tert-OH is 1. The molecule has 1 atom stereocenters. The van der Waals surface area contributed by atoms with Gasteiger partial charge < -0.3 is 9.67 Å². The third-order valence-corrected chi connectivity index (χ3v) is 6.05. The van der Waals surface area contributed by atoms with Crippen LogP contribution in [-0.2, 0) is 6.54 Å². The molecule has 1 unspecified atom stereocenters. The van der Waals surface area contributed by atoms with Gasteiger partial charge in [0.15, 0.2) is 0 Å². The van der Waals surface area contributed by atoms with Crippen molar-refractivity contribution < 1.29 is 5.11 Å². The molecular formula is C28H27ClN2O. The summed E-state index contributed by atoms with van der Waals surface area (Å²) in [6.07, 6.45) is 3.12. The quantitative estimate of drug-likeness (QED) is 0.461. The van der Waals surface area contributed by atoms with Gasteiger partial charge in [0.05, 0.1) is 16.6 Å². The van der Waals surface area contributed by atoms with Crippen LogP contribution in [0.2, 0.25) is 0 Å². The van der Waals surface area contributed by atoms with Gasteiger partial charge in [-0.3, -0.25) is 4.98 Å². The molecule has 1 N–H and O–H groups in total. The average molecular weight is 443 g/mol. The minimum atomic E-state index is -0.648. The SMILES string of the molecule is C=C(Cl)/C=c1\c(=C(/C)c2ccc(C(O)c3ccccc3)cc2)n(CC)c2c(C)nccc12. The number of allylic oxidation sites excluding steroid dienone is 1. The van der Waals surface area contributed by atoms with Gasteiger partial charge in [-0.15, -0.1) is 0 Å². The van der Waals surface area contributed by atoms with Gasteiger partial charge in [-0.2, -0.15) is 0 Å². The van der Waals surface area contributed by atoms with Crippen LogP contribution in [0.3, 0.4) is 0 Å². The van der Waals surface area contributed by atoms with Gasteiger partial charge in [0.25, 0.3) is 0 Å². The molecule has 0 bridgehead atoms. The topological polar surface area (TPSA) is 38.0 Å². The zero-order valence-electron chi connectivity index (χ0n) is 18.6. The first-order valence-corrected chi connectivity index (χ1v) is 11.1. The molecule has 4 rings (SSSR count). The normalized spacial score (nSPS) is 14.0. The standard InChI is InChI=1S/C28H27ClN2O/c1-5-31-26(25(17-18(2)29)24-15-16-30-20(4)27(24)31)19(3)21-11-13-23(14-12-21)28(32)22-9-7-6-8-10-22/h6-17,28,32H,2,5H2,1,3-4H3/b25-17-,26-19-. The number of halogens is 1. The molecule has 2 aromatic heterocycles. The Hall–Kier alpha value is -3.14. The van der Waals surface area contributed by atoms with Crippen molar-refractivity contribution in [3.8, 4) is 0 Å². The third kappa shape index (κ3) is 4.02. The number of fused-ring (bicyclic) bond motifs is 1. The van der Waals surface area contributed by atoms with E-state index >= 15 is 0 Å². The molecular weight excluding hydrogens is 416 g/mol. The maximum absolute atomic E-state index is 10.7. The number of aromatic nitrogens is 2. The van der Waals surface area contributed by atoms with Crippen molar-refractivity contribution in [3.05, 3.63) is 111 Å². The molecule has 0 fully saturated rings. The Bertz CT molecular complexity index is 1400. The molecule has 2 heterocycles. The molecule has 162 valence electrons. The van der Waals surface area contributed by atoms with Crippen LogP contribution in [0.25, 0.3) is 22.6 Å². The summed E-state index contributed by atoms with van der Waals surface area (Å²) in [6.45, 7) is 11.0. The smallest absolute Gasteiger partial charge is 0.104 e. The summed E-state index contributed by atoms with van der Waals surface area (Å²) >= 11 is 6.23. The van der Waals surface area contributed by atoms with E-state index in [1.807, 2.05) is 67.7 Å². The molecule has 0 amide bonds. The Kier molecular flexibility index (Phi) is 6.31. The summed E-state index contributed by atoms with van der Waals surface area (Å²) in [7, 11) is 0. The van der Waals surface area contributed by atoms with Crippen LogP contribution in [0.4, 0.5) is 0 Å². The first-order valence-electron chi connectivity index (χ1n) is 10.8. The second kappa shape index (κ2) is 9.15. The predicted molar refractivity (Wildman–Crippen MR) is 134 cm³/mol. The van der Waals surface area contributed by atoms with Crippen molar-refractivity contribution >= 4 is 34.2 Å². The Labute approximate surface area is 193 Å². The van der Waals surface area contributed by atoms with Crippen molar-refractivity contribution in [3.63, 3.8) is 0 Å². The molecule has 0 radical (unpaired) electrons. The summed E-state index contributed by atoms with van der Waals surface area (Å²) in [4.78, 5) is 4.51. The molecule has 4 aromatic rings. The number of aliphatic hydroxyl groups is 1. The third-order valence-electron chi connectivity index (χ3n) is 5.94. The molecule has 0 saturated heterocycles. The molecule has 0 aliphatic rings. The monoisotopic (exact) mass is 442 g/mol. The fraction of sp³-hybridized carbons (Fsp3) is 0.179. The fourth-order valence-electron chi connectivity index (χ4n) is 4.40. The highest BCUT2D eigenvalue weighted by molar-refractivity contribution is 6.33. The lowest BCUT2D eigenvalue weighted by Gasteiger charge is -2.13. The van der Waals surface area contributed by atoms with Gasteiger partial charge in [0, 0.05) is 28.4 Å². The fourth-order valence-corrected chi connectivity index (χ4v) is 4.51. The highest BCUT2D eigenvalue weighted by atomic mass is 35.5. The van der Waals surface area contributed by atoms with E-state index in [1.165, 1.54) is 0 Å². The van der Waals surface area contributed by atoms with E-state index in [2.05, 4.69) is 42.1 Å². The molecule has 2 aromatic carbocycles. The number of rotatable bonds is 5. The number of nitrogens with zero attached hydrogens (tertiary/aromatic N) is 2. The second-order valence-electron chi connectivity index (χ2n) is 7.95. The maximum Gasteiger partial charge on any atom is 0.104 e. The van der Waals surface area contributed by atoms with Crippen molar-refractivity contribution in [1.82, 2.24) is 9.55 Å². The van der Waals surface area contributed by atoms with E-state index in [0.717, 1.165) is 56.0 Å². The Morgan fingerprint density at radius 1 is 1.09 bits per heavy atom. The molecule has 0 spiro atoms. The summed E-state index contributed by atoms with van der Waals surface area (Å²) in [5.41, 5.74) is 6.07. The Morgan fingerprint density at radius 2 is 1.75 bits per heavy atom. The number of aryl methyl sites for hydroxylation is 2. The van der Waals surface area contributed by atoms with Crippen molar-refractivity contribution in [1.29, 1.82) is 0 Å².